The van der Waals surface area contributed by atoms with E-state index in [1.807, 2.05) is 23.6 Å². The van der Waals surface area contributed by atoms with E-state index in [2.05, 4.69) is 20.0 Å². The van der Waals surface area contributed by atoms with E-state index >= 15 is 0 Å². The lowest BCUT2D eigenvalue weighted by molar-refractivity contribution is -0.274. The Morgan fingerprint density at radius 1 is 1.04 bits per heavy atom. The molecule has 0 bridgehead atoms. The topological polar surface area (TPSA) is 47.0 Å². The third-order valence-electron chi connectivity index (χ3n) is 2.79. The normalized spacial score (nSPS) is 11.3. The van der Waals surface area contributed by atoms with Gasteiger partial charge < -0.3 is 10.1 Å². The first kappa shape index (κ1) is 15.3. The van der Waals surface area contributed by atoms with Gasteiger partial charge in [-0.3, -0.25) is 0 Å². The Hall–Kier alpha value is -2.61. The van der Waals surface area contributed by atoms with E-state index < -0.39 is 6.36 Å². The summed E-state index contributed by atoms with van der Waals surface area (Å²) in [4.78, 5) is 8.52. The minimum Gasteiger partial charge on any atom is -0.406 e. The molecule has 23 heavy (non-hydrogen) atoms. The van der Waals surface area contributed by atoms with Crippen LogP contribution < -0.4 is 10.1 Å². The summed E-state index contributed by atoms with van der Waals surface area (Å²) in [5, 5.41) is 5.52. The van der Waals surface area contributed by atoms with Gasteiger partial charge in [0.05, 0.1) is 5.69 Å². The lowest BCUT2D eigenvalue weighted by Crippen LogP contribution is -2.16. The number of benzene rings is 1. The first-order chi connectivity index (χ1) is 11.0. The molecule has 2 heterocycles. The fourth-order valence-electron chi connectivity index (χ4n) is 1.84. The Kier molecular flexibility index (Phi) is 4.16. The highest BCUT2D eigenvalue weighted by Gasteiger charge is 2.30. The minimum absolute atomic E-state index is 0.261. The molecule has 0 saturated heterocycles. The van der Waals surface area contributed by atoms with Crippen molar-refractivity contribution in [2.75, 3.05) is 5.32 Å². The summed E-state index contributed by atoms with van der Waals surface area (Å²) < 4.78 is 40.2. The zero-order valence-electron chi connectivity index (χ0n) is 11.5. The van der Waals surface area contributed by atoms with Gasteiger partial charge in [-0.15, -0.1) is 24.5 Å². The highest BCUT2D eigenvalue weighted by atomic mass is 32.1. The number of pyridine rings is 1. The Bertz CT molecular complexity index is 773. The molecule has 3 aromatic rings. The van der Waals surface area contributed by atoms with Crippen LogP contribution in [0.2, 0.25) is 0 Å². The van der Waals surface area contributed by atoms with Crippen LogP contribution in [0.15, 0.2) is 54.0 Å². The van der Waals surface area contributed by atoms with E-state index in [1.165, 1.54) is 35.6 Å². The first-order valence-electron chi connectivity index (χ1n) is 6.49. The number of hydrogen-bond acceptors (Lipinski definition) is 5. The predicted molar refractivity (Wildman–Crippen MR) is 81.8 cm³/mol. The third kappa shape index (κ3) is 4.19. The maximum atomic E-state index is 12.1. The van der Waals surface area contributed by atoms with Crippen LogP contribution in [0.5, 0.6) is 5.75 Å². The van der Waals surface area contributed by atoms with Crippen LogP contribution in [0.4, 0.5) is 24.1 Å². The van der Waals surface area contributed by atoms with Gasteiger partial charge in [-0.05, 0) is 36.4 Å². The number of rotatable bonds is 4. The van der Waals surface area contributed by atoms with Gasteiger partial charge in [0.1, 0.15) is 11.6 Å². The van der Waals surface area contributed by atoms with Gasteiger partial charge in [0, 0.05) is 17.1 Å². The largest absolute Gasteiger partial charge is 0.573 e. The number of hydrogen-bond donors (Lipinski definition) is 1. The smallest absolute Gasteiger partial charge is 0.406 e. The monoisotopic (exact) mass is 337 g/mol. The molecule has 3 rings (SSSR count). The number of halogens is 3. The lowest BCUT2D eigenvalue weighted by Gasteiger charge is -2.08. The summed E-state index contributed by atoms with van der Waals surface area (Å²) in [5.41, 5.74) is 1.36. The second kappa shape index (κ2) is 6.25. The molecule has 1 aromatic carbocycles. The molecule has 0 unspecified atom stereocenters. The zero-order valence-corrected chi connectivity index (χ0v) is 12.4. The van der Waals surface area contributed by atoms with Crippen LogP contribution in [0.25, 0.3) is 11.3 Å². The van der Waals surface area contributed by atoms with Gasteiger partial charge in [0.15, 0.2) is 5.13 Å². The predicted octanol–water partition coefficient (Wildman–Crippen LogP) is 4.85. The Balaban J connectivity index is 1.73. The van der Waals surface area contributed by atoms with Crippen molar-refractivity contribution in [1.29, 1.82) is 0 Å². The van der Waals surface area contributed by atoms with Gasteiger partial charge >= 0.3 is 6.36 Å². The van der Waals surface area contributed by atoms with Gasteiger partial charge in [-0.1, -0.05) is 6.07 Å². The summed E-state index contributed by atoms with van der Waals surface area (Å²) in [6, 6.07) is 11.0. The van der Waals surface area contributed by atoms with Crippen molar-refractivity contribution in [3.63, 3.8) is 0 Å². The van der Waals surface area contributed by atoms with Gasteiger partial charge in [0.25, 0.3) is 0 Å². The molecular formula is C15H10F3N3OS. The molecule has 118 valence electrons. The van der Waals surface area contributed by atoms with Crippen LogP contribution in [0, 0.1) is 0 Å². The molecule has 4 nitrogen and oxygen atoms in total. The van der Waals surface area contributed by atoms with Gasteiger partial charge in [0.2, 0.25) is 0 Å². The molecule has 0 amide bonds. The van der Waals surface area contributed by atoms with Crippen LogP contribution in [-0.4, -0.2) is 16.3 Å². The highest BCUT2D eigenvalue weighted by molar-refractivity contribution is 7.14. The van der Waals surface area contributed by atoms with Gasteiger partial charge in [-0.2, -0.15) is 0 Å². The average Bonchev–Trinajstić information content (AvgIpc) is 2.96. The number of aromatic nitrogens is 2. The van der Waals surface area contributed by atoms with Crippen molar-refractivity contribution < 1.29 is 17.9 Å². The fraction of sp³-hybridized carbons (Fsp3) is 0.0667. The standard InChI is InChI=1S/C15H10F3N3OS/c16-15(17,18)22-11-6-4-10(5-7-11)12-9-23-14(20-12)21-13-3-1-2-8-19-13/h1-9H,(H,19,20,21). The molecule has 0 aliphatic heterocycles. The Morgan fingerprint density at radius 3 is 2.48 bits per heavy atom. The maximum Gasteiger partial charge on any atom is 0.573 e. The van der Waals surface area contributed by atoms with Crippen molar-refractivity contribution in [3.05, 3.63) is 54.0 Å². The fourth-order valence-corrected chi connectivity index (χ4v) is 2.56. The average molecular weight is 337 g/mol. The van der Waals surface area contributed by atoms with Crippen LogP contribution in [-0.2, 0) is 0 Å². The second-order valence-electron chi connectivity index (χ2n) is 4.45. The van der Waals surface area contributed by atoms with E-state index in [-0.39, 0.29) is 5.75 Å². The number of anilines is 2. The van der Waals surface area contributed by atoms with Crippen LogP contribution >= 0.6 is 11.3 Å². The van der Waals surface area contributed by atoms with Crippen molar-refractivity contribution >= 4 is 22.3 Å². The number of alkyl halides is 3. The number of nitrogens with one attached hydrogen (secondary N) is 1. The quantitative estimate of drug-likeness (QED) is 0.739. The molecule has 0 radical (unpaired) electrons. The number of thiazole rings is 1. The third-order valence-corrected chi connectivity index (χ3v) is 3.55. The number of nitrogens with zero attached hydrogens (tertiary/aromatic N) is 2. The lowest BCUT2D eigenvalue weighted by atomic mass is 10.2. The molecule has 0 spiro atoms. The van der Waals surface area contributed by atoms with Crippen molar-refractivity contribution in [1.82, 2.24) is 9.97 Å². The molecule has 0 atom stereocenters. The Labute approximate surface area is 133 Å². The summed E-state index contributed by atoms with van der Waals surface area (Å²) in [5.74, 6) is 0.408. The van der Waals surface area contributed by atoms with Crippen molar-refractivity contribution in [3.8, 4) is 17.0 Å². The van der Waals surface area contributed by atoms with E-state index in [0.717, 1.165) is 0 Å². The van der Waals surface area contributed by atoms with E-state index in [4.69, 9.17) is 0 Å². The summed E-state index contributed by atoms with van der Waals surface area (Å²) in [6.07, 6.45) is -3.03. The Morgan fingerprint density at radius 2 is 1.83 bits per heavy atom. The summed E-state index contributed by atoms with van der Waals surface area (Å²) in [6.45, 7) is 0. The first-order valence-corrected chi connectivity index (χ1v) is 7.37. The number of ether oxygens (including phenoxy) is 1. The van der Waals surface area contributed by atoms with Gasteiger partial charge in [-0.25, -0.2) is 9.97 Å². The molecule has 0 fully saturated rings. The molecule has 1 N–H and O–H groups in total. The summed E-state index contributed by atoms with van der Waals surface area (Å²) >= 11 is 1.38. The summed E-state index contributed by atoms with van der Waals surface area (Å²) in [7, 11) is 0. The second-order valence-corrected chi connectivity index (χ2v) is 5.31. The van der Waals surface area contributed by atoms with E-state index in [0.29, 0.717) is 22.2 Å². The van der Waals surface area contributed by atoms with E-state index in [1.54, 1.807) is 6.20 Å². The van der Waals surface area contributed by atoms with E-state index in [9.17, 15) is 13.2 Å². The van der Waals surface area contributed by atoms with Crippen LogP contribution in [0.1, 0.15) is 0 Å². The molecule has 0 saturated carbocycles. The molecule has 2 aromatic heterocycles. The molecule has 0 aliphatic carbocycles. The highest BCUT2D eigenvalue weighted by Crippen LogP contribution is 2.29. The minimum atomic E-state index is -4.69. The zero-order chi connectivity index (χ0) is 16.3. The molecular weight excluding hydrogens is 327 g/mol. The van der Waals surface area contributed by atoms with Crippen LogP contribution in [0.3, 0.4) is 0 Å². The van der Waals surface area contributed by atoms with Crippen molar-refractivity contribution in [2.45, 2.75) is 6.36 Å². The maximum absolute atomic E-state index is 12.1. The van der Waals surface area contributed by atoms with Crippen molar-refractivity contribution in [2.24, 2.45) is 0 Å². The SMILES string of the molecule is FC(F)(F)Oc1ccc(-c2csc(Nc3ccccn3)n2)cc1. The molecule has 8 heteroatoms. The molecule has 0 aliphatic rings.